The molecule has 0 fully saturated rings. The molecular weight excluding hydrogens is 333 g/mol. The maximum Gasteiger partial charge on any atom is 0.276 e. The molecule has 0 saturated carbocycles. The van der Waals surface area contributed by atoms with Crippen molar-refractivity contribution in [1.82, 2.24) is 14.7 Å². The number of sulfonamides is 1. The number of aromatic nitrogens is 2. The van der Waals surface area contributed by atoms with E-state index in [2.05, 4.69) is 14.7 Å². The van der Waals surface area contributed by atoms with Crippen LogP contribution in [0.1, 0.15) is 42.7 Å². The highest BCUT2D eigenvalue weighted by atomic mass is 32.2. The lowest BCUT2D eigenvalue weighted by Crippen LogP contribution is -2.26. The number of hydrogen-bond acceptors (Lipinski definition) is 5. The molecule has 0 aliphatic heterocycles. The Kier molecular flexibility index (Phi) is 5.40. The summed E-state index contributed by atoms with van der Waals surface area (Å²) in [4.78, 5) is 19.7. The zero-order chi connectivity index (χ0) is 17.9. The van der Waals surface area contributed by atoms with Gasteiger partial charge < -0.3 is 0 Å². The SMILES string of the molecule is CCNS(=O)(=O)c1nc(-c2ccc(F)cc2)c(C=O)c(C(C)C)n1. The van der Waals surface area contributed by atoms with Gasteiger partial charge in [0.05, 0.1) is 17.0 Å². The van der Waals surface area contributed by atoms with Crippen LogP contribution in [0.5, 0.6) is 0 Å². The average Bonchev–Trinajstić information content (AvgIpc) is 2.54. The lowest BCUT2D eigenvalue weighted by molar-refractivity contribution is 0.112. The molecule has 0 aliphatic carbocycles. The molecule has 1 heterocycles. The van der Waals surface area contributed by atoms with E-state index in [9.17, 15) is 17.6 Å². The fourth-order valence-corrected chi connectivity index (χ4v) is 3.16. The first-order chi connectivity index (χ1) is 11.3. The molecule has 8 heteroatoms. The second-order valence-electron chi connectivity index (χ2n) is 5.43. The smallest absolute Gasteiger partial charge is 0.276 e. The molecule has 2 rings (SSSR count). The van der Waals surface area contributed by atoms with Crippen LogP contribution in [0, 0.1) is 5.82 Å². The van der Waals surface area contributed by atoms with Gasteiger partial charge in [-0.25, -0.2) is 27.5 Å². The maximum atomic E-state index is 13.2. The number of nitrogens with one attached hydrogen (secondary N) is 1. The summed E-state index contributed by atoms with van der Waals surface area (Å²) < 4.78 is 40.0. The first-order valence-corrected chi connectivity index (χ1v) is 8.91. The van der Waals surface area contributed by atoms with Crippen molar-refractivity contribution < 1.29 is 17.6 Å². The Bertz CT molecular complexity index is 850. The van der Waals surface area contributed by atoms with E-state index in [4.69, 9.17) is 0 Å². The zero-order valence-electron chi connectivity index (χ0n) is 13.6. The molecule has 1 N–H and O–H groups in total. The van der Waals surface area contributed by atoms with E-state index in [1.807, 2.05) is 0 Å². The highest BCUT2D eigenvalue weighted by Gasteiger charge is 2.24. The average molecular weight is 351 g/mol. The third-order valence-corrected chi connectivity index (χ3v) is 4.64. The molecule has 0 unspecified atom stereocenters. The predicted octanol–water partition coefficient (Wildman–Crippen LogP) is 2.52. The Morgan fingerprint density at radius 2 is 1.83 bits per heavy atom. The highest BCUT2D eigenvalue weighted by Crippen LogP contribution is 2.27. The second-order valence-corrected chi connectivity index (χ2v) is 7.10. The largest absolute Gasteiger partial charge is 0.298 e. The van der Waals surface area contributed by atoms with Crippen molar-refractivity contribution in [1.29, 1.82) is 0 Å². The van der Waals surface area contributed by atoms with Crippen molar-refractivity contribution in [2.45, 2.75) is 31.8 Å². The third kappa shape index (κ3) is 3.65. The van der Waals surface area contributed by atoms with Crippen molar-refractivity contribution >= 4 is 16.3 Å². The summed E-state index contributed by atoms with van der Waals surface area (Å²) in [6.07, 6.45) is 0.595. The summed E-state index contributed by atoms with van der Waals surface area (Å²) in [5.74, 6) is -0.631. The van der Waals surface area contributed by atoms with E-state index in [-0.39, 0.29) is 23.7 Å². The number of rotatable bonds is 6. The summed E-state index contributed by atoms with van der Waals surface area (Å²) in [6, 6.07) is 5.33. The van der Waals surface area contributed by atoms with Crippen LogP contribution in [0.25, 0.3) is 11.3 Å². The van der Waals surface area contributed by atoms with Crippen molar-refractivity contribution in [2.24, 2.45) is 0 Å². The minimum atomic E-state index is -3.89. The van der Waals surface area contributed by atoms with Crippen molar-refractivity contribution in [3.8, 4) is 11.3 Å². The highest BCUT2D eigenvalue weighted by molar-refractivity contribution is 7.89. The number of carbonyl (C=O) groups excluding carboxylic acids is 1. The Labute approximate surface area is 140 Å². The number of nitrogens with zero attached hydrogens (tertiary/aromatic N) is 2. The van der Waals surface area contributed by atoms with Gasteiger partial charge in [0.1, 0.15) is 5.82 Å². The predicted molar refractivity (Wildman–Crippen MR) is 87.8 cm³/mol. The molecule has 0 aliphatic rings. The lowest BCUT2D eigenvalue weighted by Gasteiger charge is -2.14. The molecule has 0 atom stereocenters. The minimum absolute atomic E-state index is 0.167. The topological polar surface area (TPSA) is 89.0 Å². The van der Waals surface area contributed by atoms with E-state index in [0.717, 1.165) is 0 Å². The van der Waals surface area contributed by atoms with Crippen LogP contribution in [0.3, 0.4) is 0 Å². The molecule has 0 spiro atoms. The first kappa shape index (κ1) is 18.2. The number of hydrogen-bond donors (Lipinski definition) is 1. The van der Waals surface area contributed by atoms with Gasteiger partial charge in [0.2, 0.25) is 0 Å². The number of carbonyl (C=O) groups is 1. The van der Waals surface area contributed by atoms with Crippen LogP contribution in [0.4, 0.5) is 4.39 Å². The van der Waals surface area contributed by atoms with E-state index in [1.165, 1.54) is 24.3 Å². The molecule has 24 heavy (non-hydrogen) atoms. The molecular formula is C16H18FN3O3S. The molecule has 1 aromatic heterocycles. The summed E-state index contributed by atoms with van der Waals surface area (Å²) in [7, 11) is -3.89. The summed E-state index contributed by atoms with van der Waals surface area (Å²) >= 11 is 0. The quantitative estimate of drug-likeness (QED) is 0.638. The van der Waals surface area contributed by atoms with Crippen molar-refractivity contribution in [2.75, 3.05) is 6.54 Å². The normalized spacial score (nSPS) is 11.7. The van der Waals surface area contributed by atoms with Gasteiger partial charge in [-0.3, -0.25) is 4.79 Å². The molecule has 0 saturated heterocycles. The van der Waals surface area contributed by atoms with Crippen LogP contribution in [-0.4, -0.2) is 31.2 Å². The number of halogens is 1. The molecule has 2 aromatic rings. The zero-order valence-corrected chi connectivity index (χ0v) is 14.4. The fourth-order valence-electron chi connectivity index (χ4n) is 2.22. The van der Waals surface area contributed by atoms with Crippen LogP contribution in [0.2, 0.25) is 0 Å². The second kappa shape index (κ2) is 7.14. The van der Waals surface area contributed by atoms with Gasteiger partial charge in [-0.1, -0.05) is 20.8 Å². The first-order valence-electron chi connectivity index (χ1n) is 7.42. The van der Waals surface area contributed by atoms with E-state index in [0.29, 0.717) is 17.5 Å². The Morgan fingerprint density at radius 3 is 2.33 bits per heavy atom. The number of aldehydes is 1. The molecule has 6 nitrogen and oxygen atoms in total. The van der Waals surface area contributed by atoms with Crippen LogP contribution < -0.4 is 4.72 Å². The van der Waals surface area contributed by atoms with Gasteiger partial charge in [-0.2, -0.15) is 0 Å². The van der Waals surface area contributed by atoms with E-state index in [1.54, 1.807) is 20.8 Å². The standard InChI is InChI=1S/C16H18FN3O3S/c1-4-18-24(22,23)16-19-14(10(2)3)13(9-21)15(20-16)11-5-7-12(17)8-6-11/h5-10,18H,4H2,1-3H3. The Balaban J connectivity index is 2.78. The minimum Gasteiger partial charge on any atom is -0.298 e. The number of benzene rings is 1. The summed E-state index contributed by atoms with van der Waals surface area (Å²) in [6.45, 7) is 5.42. The van der Waals surface area contributed by atoms with E-state index < -0.39 is 21.0 Å². The van der Waals surface area contributed by atoms with Crippen molar-refractivity contribution in [3.05, 3.63) is 41.3 Å². The van der Waals surface area contributed by atoms with Crippen LogP contribution in [-0.2, 0) is 10.0 Å². The van der Waals surface area contributed by atoms with Gasteiger partial charge in [-0.05, 0) is 30.2 Å². The molecule has 0 bridgehead atoms. The van der Waals surface area contributed by atoms with Gasteiger partial charge in [0.25, 0.3) is 15.2 Å². The Morgan fingerprint density at radius 1 is 1.21 bits per heavy atom. The van der Waals surface area contributed by atoms with Gasteiger partial charge in [-0.15, -0.1) is 0 Å². The summed E-state index contributed by atoms with van der Waals surface area (Å²) in [5, 5.41) is -0.405. The summed E-state index contributed by atoms with van der Waals surface area (Å²) in [5.41, 5.74) is 1.14. The van der Waals surface area contributed by atoms with Crippen LogP contribution >= 0.6 is 0 Å². The molecule has 0 amide bonds. The van der Waals surface area contributed by atoms with Crippen LogP contribution in [0.15, 0.2) is 29.4 Å². The third-order valence-electron chi connectivity index (χ3n) is 3.31. The molecule has 1 aromatic carbocycles. The molecule has 128 valence electrons. The maximum absolute atomic E-state index is 13.2. The Hall–Kier alpha value is -2.19. The monoisotopic (exact) mass is 351 g/mol. The van der Waals surface area contributed by atoms with Gasteiger partial charge in [0, 0.05) is 12.1 Å². The fraction of sp³-hybridized carbons (Fsp3) is 0.312. The molecule has 0 radical (unpaired) electrons. The van der Waals surface area contributed by atoms with Crippen molar-refractivity contribution in [3.63, 3.8) is 0 Å². The lowest BCUT2D eigenvalue weighted by atomic mass is 9.99. The van der Waals surface area contributed by atoms with Gasteiger partial charge >= 0.3 is 0 Å². The van der Waals surface area contributed by atoms with Gasteiger partial charge in [0.15, 0.2) is 6.29 Å². The van der Waals surface area contributed by atoms with E-state index >= 15 is 0 Å².